The molecule has 0 aliphatic rings. The molecule has 17 heavy (non-hydrogen) atoms. The third kappa shape index (κ3) is 4.41. The molecule has 0 bridgehead atoms. The second-order valence-corrected chi connectivity index (χ2v) is 5.72. The molecule has 0 saturated carbocycles. The molecule has 1 aromatic rings. The predicted molar refractivity (Wildman–Crippen MR) is 69.8 cm³/mol. The zero-order valence-corrected chi connectivity index (χ0v) is 11.0. The molecule has 0 aliphatic heterocycles. The van der Waals surface area contributed by atoms with E-state index in [-0.39, 0.29) is 16.5 Å². The summed E-state index contributed by atoms with van der Waals surface area (Å²) in [5, 5.41) is 0.278. The Bertz CT molecular complexity index is 456. The van der Waals surface area contributed by atoms with Crippen LogP contribution < -0.4 is 10.5 Å². The average molecular weight is 279 g/mol. The third-order valence-corrected chi connectivity index (χ3v) is 3.72. The lowest BCUT2D eigenvalue weighted by molar-refractivity contribution is 0.199. The van der Waals surface area contributed by atoms with Gasteiger partial charge < -0.3 is 10.5 Å². The van der Waals surface area contributed by atoms with Gasteiger partial charge in [-0.1, -0.05) is 17.7 Å². The Morgan fingerprint density at radius 1 is 1.47 bits per heavy atom. The summed E-state index contributed by atoms with van der Waals surface area (Å²) in [5.74, 6) is -0.0362. The Balaban J connectivity index is 2.76. The molecule has 0 heterocycles. The summed E-state index contributed by atoms with van der Waals surface area (Å²) >= 11 is 5.87. The van der Waals surface area contributed by atoms with Gasteiger partial charge in [0.25, 0.3) is 0 Å². The Hall–Kier alpha value is -0.980. The van der Waals surface area contributed by atoms with Crippen LogP contribution >= 0.6 is 11.6 Å². The third-order valence-electron chi connectivity index (χ3n) is 2.06. The second kappa shape index (κ2) is 6.09. The highest BCUT2D eigenvalue weighted by Crippen LogP contribution is 2.28. The molecule has 5 nitrogen and oxygen atoms in total. The molecule has 0 saturated heterocycles. The van der Waals surface area contributed by atoms with Gasteiger partial charge in [0, 0.05) is 13.7 Å². The van der Waals surface area contributed by atoms with Crippen LogP contribution in [0.3, 0.4) is 0 Å². The molecule has 0 atom stereocenters. The van der Waals surface area contributed by atoms with Crippen molar-refractivity contribution in [1.29, 1.82) is 0 Å². The summed E-state index contributed by atoms with van der Waals surface area (Å²) < 4.78 is 30.6. The van der Waals surface area contributed by atoms with E-state index in [0.29, 0.717) is 18.7 Å². The lowest BCUT2D eigenvalue weighted by atomic mass is 10.3. The van der Waals surface area contributed by atoms with Crippen LogP contribution in [-0.4, -0.2) is 27.9 Å². The van der Waals surface area contributed by atoms with Gasteiger partial charge in [-0.15, -0.1) is 0 Å². The van der Waals surface area contributed by atoms with Crippen LogP contribution in [0.15, 0.2) is 18.2 Å². The van der Waals surface area contributed by atoms with Crippen molar-refractivity contribution < 1.29 is 13.2 Å². The van der Waals surface area contributed by atoms with E-state index < -0.39 is 10.0 Å². The van der Waals surface area contributed by atoms with E-state index in [1.54, 1.807) is 18.2 Å². The molecule has 0 aliphatic carbocycles. The van der Waals surface area contributed by atoms with Gasteiger partial charge in [-0.3, -0.25) is 4.72 Å². The Morgan fingerprint density at radius 2 is 2.18 bits per heavy atom. The van der Waals surface area contributed by atoms with E-state index >= 15 is 0 Å². The topological polar surface area (TPSA) is 81.4 Å². The highest BCUT2D eigenvalue weighted by Gasteiger charge is 2.14. The van der Waals surface area contributed by atoms with E-state index in [2.05, 4.69) is 4.72 Å². The number of sulfonamides is 1. The maximum Gasteiger partial charge on any atom is 0.232 e. The van der Waals surface area contributed by atoms with Gasteiger partial charge in [-0.05, 0) is 18.6 Å². The smallest absolute Gasteiger partial charge is 0.232 e. The first-order chi connectivity index (χ1) is 7.96. The highest BCUT2D eigenvalue weighted by molar-refractivity contribution is 7.92. The molecule has 1 rings (SSSR count). The van der Waals surface area contributed by atoms with E-state index in [1.807, 2.05) is 0 Å². The fourth-order valence-corrected chi connectivity index (χ4v) is 2.67. The molecule has 0 aromatic heterocycles. The van der Waals surface area contributed by atoms with Crippen LogP contribution in [0, 0.1) is 0 Å². The van der Waals surface area contributed by atoms with E-state index in [9.17, 15) is 8.42 Å². The first-order valence-electron chi connectivity index (χ1n) is 4.99. The van der Waals surface area contributed by atoms with Crippen molar-refractivity contribution in [1.82, 2.24) is 0 Å². The van der Waals surface area contributed by atoms with Crippen LogP contribution in [0.25, 0.3) is 0 Å². The lowest BCUT2D eigenvalue weighted by Gasteiger charge is -2.11. The molecule has 1 aromatic carbocycles. The first-order valence-corrected chi connectivity index (χ1v) is 7.02. The van der Waals surface area contributed by atoms with Crippen molar-refractivity contribution >= 4 is 33.0 Å². The number of halogens is 1. The van der Waals surface area contributed by atoms with Crippen molar-refractivity contribution in [3.8, 4) is 0 Å². The maximum absolute atomic E-state index is 11.7. The summed E-state index contributed by atoms with van der Waals surface area (Å²) in [4.78, 5) is 0. The normalized spacial score (nSPS) is 11.4. The fraction of sp³-hybridized carbons (Fsp3) is 0.400. The zero-order valence-electron chi connectivity index (χ0n) is 9.44. The number of methoxy groups -OCH3 is 1. The first kappa shape index (κ1) is 14.1. The van der Waals surface area contributed by atoms with Gasteiger partial charge in [-0.25, -0.2) is 8.42 Å². The number of nitrogens with one attached hydrogen (secondary N) is 1. The van der Waals surface area contributed by atoms with Gasteiger partial charge in [-0.2, -0.15) is 0 Å². The van der Waals surface area contributed by atoms with Crippen LogP contribution in [0.5, 0.6) is 0 Å². The average Bonchev–Trinajstić information content (AvgIpc) is 2.24. The minimum atomic E-state index is -3.45. The van der Waals surface area contributed by atoms with Crippen LogP contribution in [-0.2, 0) is 14.8 Å². The summed E-state index contributed by atoms with van der Waals surface area (Å²) in [7, 11) is -1.93. The van der Waals surface area contributed by atoms with Crippen molar-refractivity contribution in [2.75, 3.05) is 29.9 Å². The monoisotopic (exact) mass is 278 g/mol. The minimum absolute atomic E-state index is 0.0362. The molecular formula is C10H15ClN2O3S. The summed E-state index contributed by atoms with van der Waals surface area (Å²) in [6, 6.07) is 4.81. The van der Waals surface area contributed by atoms with Crippen LogP contribution in [0.1, 0.15) is 6.42 Å². The highest BCUT2D eigenvalue weighted by atomic mass is 35.5. The lowest BCUT2D eigenvalue weighted by Crippen LogP contribution is -2.18. The van der Waals surface area contributed by atoms with Gasteiger partial charge in [0.15, 0.2) is 0 Å². The van der Waals surface area contributed by atoms with E-state index in [0.717, 1.165) is 0 Å². The molecule has 7 heteroatoms. The number of hydrogen-bond acceptors (Lipinski definition) is 4. The second-order valence-electron chi connectivity index (χ2n) is 3.47. The molecule has 0 amide bonds. The number of hydrogen-bond donors (Lipinski definition) is 2. The summed E-state index contributed by atoms with van der Waals surface area (Å²) in [6.45, 7) is 0.388. The van der Waals surface area contributed by atoms with Crippen molar-refractivity contribution in [3.05, 3.63) is 23.2 Å². The minimum Gasteiger partial charge on any atom is -0.397 e. The van der Waals surface area contributed by atoms with Gasteiger partial charge in [0.2, 0.25) is 10.0 Å². The molecular weight excluding hydrogens is 264 g/mol. The fourth-order valence-electron chi connectivity index (χ4n) is 1.25. The van der Waals surface area contributed by atoms with E-state index in [4.69, 9.17) is 22.1 Å². The number of para-hydroxylation sites is 1. The number of anilines is 2. The van der Waals surface area contributed by atoms with Gasteiger partial charge in [0.05, 0.1) is 22.2 Å². The molecule has 0 unspecified atom stereocenters. The molecule has 0 spiro atoms. The van der Waals surface area contributed by atoms with Crippen molar-refractivity contribution in [2.45, 2.75) is 6.42 Å². The number of nitrogens with two attached hydrogens (primary N) is 1. The Kier molecular flexibility index (Phi) is 5.04. The number of nitrogen functional groups attached to an aromatic ring is 1. The summed E-state index contributed by atoms with van der Waals surface area (Å²) in [5.41, 5.74) is 6.17. The zero-order chi connectivity index (χ0) is 12.9. The van der Waals surface area contributed by atoms with Crippen LogP contribution in [0.2, 0.25) is 5.02 Å². The number of ether oxygens (including phenoxy) is 1. The molecule has 3 N–H and O–H groups in total. The SMILES string of the molecule is COCCCS(=O)(=O)Nc1c(N)cccc1Cl. The number of rotatable bonds is 6. The molecule has 96 valence electrons. The van der Waals surface area contributed by atoms with Gasteiger partial charge >= 0.3 is 0 Å². The van der Waals surface area contributed by atoms with Crippen molar-refractivity contribution in [3.63, 3.8) is 0 Å². The Morgan fingerprint density at radius 3 is 2.76 bits per heavy atom. The van der Waals surface area contributed by atoms with Gasteiger partial charge in [0.1, 0.15) is 0 Å². The van der Waals surface area contributed by atoms with E-state index in [1.165, 1.54) is 7.11 Å². The standard InChI is InChI=1S/C10H15ClN2O3S/c1-16-6-3-7-17(14,15)13-10-8(11)4-2-5-9(10)12/h2,4-5,13H,3,6-7,12H2,1H3. The van der Waals surface area contributed by atoms with Crippen molar-refractivity contribution in [2.24, 2.45) is 0 Å². The molecule has 0 radical (unpaired) electrons. The summed E-state index contributed by atoms with van der Waals surface area (Å²) in [6.07, 6.45) is 0.413. The maximum atomic E-state index is 11.7. The molecule has 0 fully saturated rings. The number of benzene rings is 1. The quantitative estimate of drug-likeness (QED) is 0.613. The largest absolute Gasteiger partial charge is 0.397 e. The predicted octanol–water partition coefficient (Wildman–Crippen LogP) is 1.70. The van der Waals surface area contributed by atoms with Crippen LogP contribution in [0.4, 0.5) is 11.4 Å². The Labute approximate surface area is 106 Å².